The Kier molecular flexibility index (Phi) is 3.91. The van der Waals surface area contributed by atoms with Crippen LogP contribution < -0.4 is 5.32 Å². The summed E-state index contributed by atoms with van der Waals surface area (Å²) in [6.45, 7) is 2.12. The van der Waals surface area contributed by atoms with E-state index in [1.54, 1.807) is 0 Å². The van der Waals surface area contributed by atoms with E-state index in [2.05, 4.69) is 24.4 Å². The molecule has 3 aromatic rings. The molecule has 0 radical (unpaired) electrons. The molecule has 21 heavy (non-hydrogen) atoms. The van der Waals surface area contributed by atoms with Crippen LogP contribution in [0.2, 0.25) is 5.02 Å². The monoisotopic (exact) mass is 296 g/mol. The summed E-state index contributed by atoms with van der Waals surface area (Å²) in [4.78, 5) is 4.80. The van der Waals surface area contributed by atoms with Crippen LogP contribution >= 0.6 is 11.6 Å². The van der Waals surface area contributed by atoms with Gasteiger partial charge in [-0.1, -0.05) is 48.0 Å². The van der Waals surface area contributed by atoms with Gasteiger partial charge >= 0.3 is 0 Å². The van der Waals surface area contributed by atoms with E-state index in [-0.39, 0.29) is 6.04 Å². The summed E-state index contributed by atoms with van der Waals surface area (Å²) in [6.07, 6.45) is 0. The molecule has 0 aliphatic heterocycles. The van der Waals surface area contributed by atoms with Crippen molar-refractivity contribution in [2.75, 3.05) is 7.05 Å². The molecule has 1 unspecified atom stereocenters. The fourth-order valence-corrected chi connectivity index (χ4v) is 2.94. The zero-order chi connectivity index (χ0) is 14.8. The number of rotatable bonds is 3. The third kappa shape index (κ3) is 2.65. The molecular weight excluding hydrogens is 280 g/mol. The summed E-state index contributed by atoms with van der Waals surface area (Å²) in [6, 6.07) is 18.2. The number of fused-ring (bicyclic) bond motifs is 1. The molecule has 106 valence electrons. The highest BCUT2D eigenvalue weighted by Crippen LogP contribution is 2.29. The highest BCUT2D eigenvalue weighted by molar-refractivity contribution is 6.31. The van der Waals surface area contributed by atoms with Crippen molar-refractivity contribution in [1.82, 2.24) is 10.3 Å². The predicted octanol–water partition coefficient (Wildman–Crippen LogP) is 4.51. The van der Waals surface area contributed by atoms with Gasteiger partial charge in [0.15, 0.2) is 0 Å². The van der Waals surface area contributed by atoms with Gasteiger partial charge in [0.05, 0.1) is 17.3 Å². The molecule has 1 heterocycles. The summed E-state index contributed by atoms with van der Waals surface area (Å²) in [7, 11) is 1.93. The van der Waals surface area contributed by atoms with Gasteiger partial charge in [0, 0.05) is 10.4 Å². The highest BCUT2D eigenvalue weighted by Gasteiger charge is 2.17. The van der Waals surface area contributed by atoms with E-state index < -0.39 is 0 Å². The largest absolute Gasteiger partial charge is 0.308 e. The number of nitrogens with one attached hydrogen (secondary N) is 1. The average molecular weight is 297 g/mol. The Labute approximate surface area is 129 Å². The third-order valence-electron chi connectivity index (χ3n) is 3.74. The number of aryl methyl sites for hydroxylation is 1. The van der Waals surface area contributed by atoms with E-state index in [9.17, 15) is 0 Å². The van der Waals surface area contributed by atoms with E-state index in [1.165, 1.54) is 10.9 Å². The summed E-state index contributed by atoms with van der Waals surface area (Å²) < 4.78 is 0. The second kappa shape index (κ2) is 5.84. The summed E-state index contributed by atoms with van der Waals surface area (Å²) in [5, 5.41) is 5.26. The lowest BCUT2D eigenvalue weighted by atomic mass is 10.00. The Bertz CT molecular complexity index is 783. The lowest BCUT2D eigenvalue weighted by molar-refractivity contribution is 0.673. The number of benzene rings is 2. The Balaban J connectivity index is 2.16. The second-order valence-corrected chi connectivity index (χ2v) is 5.53. The smallest absolute Gasteiger partial charge is 0.0763 e. The first kappa shape index (κ1) is 14.1. The number of halogens is 1. The van der Waals surface area contributed by atoms with Crippen LogP contribution in [0.5, 0.6) is 0 Å². The zero-order valence-electron chi connectivity index (χ0n) is 12.1. The summed E-state index contributed by atoms with van der Waals surface area (Å²) in [5.41, 5.74) is 4.27. The molecule has 0 aliphatic rings. The molecule has 0 aliphatic carbocycles. The van der Waals surface area contributed by atoms with Crippen LogP contribution in [-0.2, 0) is 0 Å². The van der Waals surface area contributed by atoms with Gasteiger partial charge in [0.25, 0.3) is 0 Å². The van der Waals surface area contributed by atoms with E-state index in [4.69, 9.17) is 16.6 Å². The van der Waals surface area contributed by atoms with Crippen molar-refractivity contribution in [2.45, 2.75) is 13.0 Å². The maximum atomic E-state index is 6.34. The number of pyridine rings is 1. The minimum Gasteiger partial charge on any atom is -0.308 e. The molecule has 0 saturated heterocycles. The number of hydrogen-bond acceptors (Lipinski definition) is 2. The molecule has 2 nitrogen and oxygen atoms in total. The first-order chi connectivity index (χ1) is 10.2. The second-order valence-electron chi connectivity index (χ2n) is 5.12. The molecule has 2 aromatic carbocycles. The van der Waals surface area contributed by atoms with Crippen molar-refractivity contribution < 1.29 is 0 Å². The molecule has 3 rings (SSSR count). The van der Waals surface area contributed by atoms with Gasteiger partial charge in [-0.2, -0.15) is 0 Å². The average Bonchev–Trinajstić information content (AvgIpc) is 2.50. The van der Waals surface area contributed by atoms with E-state index in [0.717, 1.165) is 21.8 Å². The van der Waals surface area contributed by atoms with Crippen LogP contribution in [0.25, 0.3) is 10.9 Å². The molecule has 1 aromatic heterocycles. The minimum absolute atomic E-state index is 0.0120. The van der Waals surface area contributed by atoms with Gasteiger partial charge in [-0.15, -0.1) is 0 Å². The molecule has 1 atom stereocenters. The maximum absolute atomic E-state index is 6.34. The van der Waals surface area contributed by atoms with Crippen molar-refractivity contribution >= 4 is 22.5 Å². The number of para-hydroxylation sites is 1. The zero-order valence-corrected chi connectivity index (χ0v) is 12.9. The van der Waals surface area contributed by atoms with Crippen molar-refractivity contribution in [3.8, 4) is 0 Å². The maximum Gasteiger partial charge on any atom is 0.0763 e. The Morgan fingerprint density at radius 1 is 1.05 bits per heavy atom. The van der Waals surface area contributed by atoms with Crippen LogP contribution in [0.4, 0.5) is 0 Å². The van der Waals surface area contributed by atoms with E-state index >= 15 is 0 Å². The van der Waals surface area contributed by atoms with Crippen molar-refractivity contribution in [1.29, 1.82) is 0 Å². The van der Waals surface area contributed by atoms with Gasteiger partial charge in [-0.05, 0) is 43.3 Å². The lowest BCUT2D eigenvalue weighted by Crippen LogP contribution is -2.19. The first-order valence-electron chi connectivity index (χ1n) is 6.98. The van der Waals surface area contributed by atoms with Crippen molar-refractivity contribution in [3.63, 3.8) is 0 Å². The molecular formula is C18H17ClN2. The molecule has 0 bridgehead atoms. The van der Waals surface area contributed by atoms with Crippen molar-refractivity contribution in [3.05, 3.63) is 76.4 Å². The van der Waals surface area contributed by atoms with Crippen LogP contribution in [0.1, 0.15) is 22.9 Å². The van der Waals surface area contributed by atoms with Crippen LogP contribution in [-0.4, -0.2) is 12.0 Å². The van der Waals surface area contributed by atoms with Crippen LogP contribution in [0.15, 0.2) is 54.6 Å². The van der Waals surface area contributed by atoms with Gasteiger partial charge in [-0.3, -0.25) is 4.98 Å². The van der Waals surface area contributed by atoms with Gasteiger partial charge in [-0.25, -0.2) is 0 Å². The quantitative estimate of drug-likeness (QED) is 0.769. The molecule has 0 amide bonds. The number of hydrogen-bond donors (Lipinski definition) is 1. The fourth-order valence-electron chi connectivity index (χ4n) is 2.70. The molecule has 1 N–H and O–H groups in total. The third-order valence-corrected chi connectivity index (χ3v) is 4.09. The van der Waals surface area contributed by atoms with Crippen LogP contribution in [0.3, 0.4) is 0 Å². The van der Waals surface area contributed by atoms with E-state index in [1.807, 2.05) is 49.5 Å². The number of nitrogens with zero attached hydrogens (tertiary/aromatic N) is 1. The summed E-state index contributed by atoms with van der Waals surface area (Å²) in [5.74, 6) is 0. The first-order valence-corrected chi connectivity index (χ1v) is 7.36. The Hall–Kier alpha value is -1.90. The van der Waals surface area contributed by atoms with Crippen LogP contribution in [0, 0.1) is 6.92 Å². The highest BCUT2D eigenvalue weighted by atomic mass is 35.5. The normalized spacial score (nSPS) is 12.5. The molecule has 0 fully saturated rings. The van der Waals surface area contributed by atoms with Gasteiger partial charge in [0.2, 0.25) is 0 Å². The topological polar surface area (TPSA) is 24.9 Å². The minimum atomic E-state index is -0.0120. The van der Waals surface area contributed by atoms with E-state index in [0.29, 0.717) is 0 Å². The number of aromatic nitrogens is 1. The lowest BCUT2D eigenvalue weighted by Gasteiger charge is -2.19. The molecule has 0 saturated carbocycles. The SMILES string of the molecule is CNC(c1cc(C)c2ccccc2n1)c1ccccc1Cl. The molecule has 0 spiro atoms. The Morgan fingerprint density at radius 2 is 1.76 bits per heavy atom. The molecule has 3 heteroatoms. The standard InChI is InChI=1S/C18H17ClN2/c1-12-11-17(21-16-10-6-4-7-13(12)16)18(20-2)14-8-3-5-9-15(14)19/h3-11,18,20H,1-2H3. The fraction of sp³-hybridized carbons (Fsp3) is 0.167. The van der Waals surface area contributed by atoms with Crippen molar-refractivity contribution in [2.24, 2.45) is 0 Å². The predicted molar refractivity (Wildman–Crippen MR) is 88.8 cm³/mol. The Morgan fingerprint density at radius 3 is 2.52 bits per heavy atom. The van der Waals surface area contributed by atoms with Gasteiger partial charge < -0.3 is 5.32 Å². The summed E-state index contributed by atoms with van der Waals surface area (Å²) >= 11 is 6.34. The van der Waals surface area contributed by atoms with Gasteiger partial charge in [0.1, 0.15) is 0 Å².